The van der Waals surface area contributed by atoms with Gasteiger partial charge in [0.1, 0.15) is 11.5 Å². The average molecular weight is 338 g/mol. The Morgan fingerprint density at radius 2 is 1.75 bits per heavy atom. The van der Waals surface area contributed by atoms with Gasteiger partial charge in [0.25, 0.3) is 5.91 Å². The van der Waals surface area contributed by atoms with Gasteiger partial charge in [0, 0.05) is 13.5 Å². The van der Waals surface area contributed by atoms with Gasteiger partial charge in [-0.15, -0.1) is 0 Å². The standard InChI is InChI=1S/C16H22N2O6/c1-11(15(20)18-16(21)17-2)24-14(19)5-4-10-23-13-8-6-12(22-3)7-9-13/h6-9,11H,4-5,10H2,1-3H3,(H2,17,18,20,21)/t11-/m1/s1. The summed E-state index contributed by atoms with van der Waals surface area (Å²) in [5.74, 6) is 0.183. The Morgan fingerprint density at radius 3 is 2.33 bits per heavy atom. The van der Waals surface area contributed by atoms with E-state index in [4.69, 9.17) is 14.2 Å². The first-order valence-corrected chi connectivity index (χ1v) is 7.45. The summed E-state index contributed by atoms with van der Waals surface area (Å²) in [5, 5.41) is 4.26. The van der Waals surface area contributed by atoms with Gasteiger partial charge in [-0.1, -0.05) is 0 Å². The molecule has 1 rings (SSSR count). The number of urea groups is 1. The molecule has 0 bridgehead atoms. The van der Waals surface area contributed by atoms with Crippen LogP contribution in [0.25, 0.3) is 0 Å². The molecular formula is C16H22N2O6. The van der Waals surface area contributed by atoms with E-state index in [1.54, 1.807) is 31.4 Å². The highest BCUT2D eigenvalue weighted by Crippen LogP contribution is 2.17. The number of benzene rings is 1. The van der Waals surface area contributed by atoms with Crippen molar-refractivity contribution in [2.24, 2.45) is 0 Å². The highest BCUT2D eigenvalue weighted by Gasteiger charge is 2.19. The fourth-order valence-corrected chi connectivity index (χ4v) is 1.66. The van der Waals surface area contributed by atoms with E-state index < -0.39 is 24.0 Å². The molecule has 0 saturated heterocycles. The molecule has 0 spiro atoms. The molecule has 0 aliphatic heterocycles. The van der Waals surface area contributed by atoms with Gasteiger partial charge in [-0.2, -0.15) is 0 Å². The van der Waals surface area contributed by atoms with Crippen LogP contribution in [0, 0.1) is 0 Å². The molecule has 0 aliphatic rings. The number of imide groups is 1. The van der Waals surface area contributed by atoms with Gasteiger partial charge >= 0.3 is 12.0 Å². The van der Waals surface area contributed by atoms with E-state index in [0.717, 1.165) is 5.75 Å². The number of nitrogens with one attached hydrogen (secondary N) is 2. The van der Waals surface area contributed by atoms with Crippen LogP contribution in [0.4, 0.5) is 4.79 Å². The summed E-state index contributed by atoms with van der Waals surface area (Å²) in [6.07, 6.45) is -0.500. The Kier molecular flexibility index (Phi) is 8.10. The molecule has 0 radical (unpaired) electrons. The number of esters is 1. The molecule has 0 unspecified atom stereocenters. The van der Waals surface area contributed by atoms with Crippen LogP contribution in [0.2, 0.25) is 0 Å². The average Bonchev–Trinajstić information content (AvgIpc) is 2.58. The van der Waals surface area contributed by atoms with Crippen molar-refractivity contribution in [2.75, 3.05) is 20.8 Å². The third-order valence-electron chi connectivity index (χ3n) is 2.99. The maximum atomic E-state index is 11.6. The van der Waals surface area contributed by atoms with Gasteiger partial charge < -0.3 is 19.5 Å². The van der Waals surface area contributed by atoms with Crippen molar-refractivity contribution in [1.29, 1.82) is 0 Å². The molecule has 0 aliphatic carbocycles. The van der Waals surface area contributed by atoms with Crippen LogP contribution in [0.1, 0.15) is 19.8 Å². The van der Waals surface area contributed by atoms with Crippen molar-refractivity contribution >= 4 is 17.9 Å². The van der Waals surface area contributed by atoms with Crippen molar-refractivity contribution in [2.45, 2.75) is 25.9 Å². The number of amides is 3. The second-order valence-corrected chi connectivity index (χ2v) is 4.83. The van der Waals surface area contributed by atoms with Gasteiger partial charge in [-0.05, 0) is 37.6 Å². The van der Waals surface area contributed by atoms with Crippen LogP contribution in [0.15, 0.2) is 24.3 Å². The van der Waals surface area contributed by atoms with Gasteiger partial charge in [0.15, 0.2) is 6.10 Å². The van der Waals surface area contributed by atoms with Crippen molar-refractivity contribution in [3.8, 4) is 11.5 Å². The Bertz CT molecular complexity index is 558. The molecule has 24 heavy (non-hydrogen) atoms. The van der Waals surface area contributed by atoms with Crippen LogP contribution in [-0.4, -0.2) is 44.8 Å². The monoisotopic (exact) mass is 338 g/mol. The molecule has 0 fully saturated rings. The molecule has 8 nitrogen and oxygen atoms in total. The number of ether oxygens (including phenoxy) is 3. The van der Waals surface area contributed by atoms with E-state index in [9.17, 15) is 14.4 Å². The summed E-state index contributed by atoms with van der Waals surface area (Å²) >= 11 is 0. The molecule has 2 N–H and O–H groups in total. The summed E-state index contributed by atoms with van der Waals surface area (Å²) < 4.78 is 15.5. The number of methoxy groups -OCH3 is 1. The lowest BCUT2D eigenvalue weighted by molar-refractivity contribution is -0.154. The Balaban J connectivity index is 2.23. The van der Waals surface area contributed by atoms with E-state index in [-0.39, 0.29) is 6.42 Å². The van der Waals surface area contributed by atoms with Gasteiger partial charge in [-0.3, -0.25) is 14.9 Å². The molecule has 1 aromatic carbocycles. The lowest BCUT2D eigenvalue weighted by atomic mass is 10.3. The highest BCUT2D eigenvalue weighted by atomic mass is 16.5. The van der Waals surface area contributed by atoms with Crippen molar-refractivity contribution in [3.05, 3.63) is 24.3 Å². The van der Waals surface area contributed by atoms with Crippen LogP contribution in [0.5, 0.6) is 11.5 Å². The van der Waals surface area contributed by atoms with Gasteiger partial charge in [-0.25, -0.2) is 4.79 Å². The van der Waals surface area contributed by atoms with Crippen molar-refractivity contribution in [3.63, 3.8) is 0 Å². The molecule has 3 amide bonds. The summed E-state index contributed by atoms with van der Waals surface area (Å²) in [7, 11) is 2.96. The first-order chi connectivity index (χ1) is 11.5. The van der Waals surface area contributed by atoms with Crippen molar-refractivity contribution < 1.29 is 28.6 Å². The molecule has 0 aromatic heterocycles. The quantitative estimate of drug-likeness (QED) is 0.546. The largest absolute Gasteiger partial charge is 0.497 e. The normalized spacial score (nSPS) is 11.1. The van der Waals surface area contributed by atoms with E-state index in [1.807, 2.05) is 5.32 Å². The molecule has 0 heterocycles. The molecular weight excluding hydrogens is 316 g/mol. The predicted octanol–water partition coefficient (Wildman–Crippen LogP) is 1.24. The molecule has 132 valence electrons. The van der Waals surface area contributed by atoms with Crippen LogP contribution >= 0.6 is 0 Å². The number of rotatable bonds is 8. The summed E-state index contributed by atoms with van der Waals surface area (Å²) in [6.45, 7) is 1.73. The van der Waals surface area contributed by atoms with Gasteiger partial charge in [0.05, 0.1) is 13.7 Å². The Labute approximate surface area is 140 Å². The second-order valence-electron chi connectivity index (χ2n) is 4.83. The lowest BCUT2D eigenvalue weighted by Crippen LogP contribution is -2.43. The molecule has 0 saturated carbocycles. The summed E-state index contributed by atoms with van der Waals surface area (Å²) in [4.78, 5) is 34.2. The minimum absolute atomic E-state index is 0.105. The van der Waals surface area contributed by atoms with Crippen molar-refractivity contribution in [1.82, 2.24) is 10.6 Å². The maximum absolute atomic E-state index is 11.6. The highest BCUT2D eigenvalue weighted by molar-refractivity contribution is 5.96. The molecule has 1 atom stereocenters. The third kappa shape index (κ3) is 6.99. The first kappa shape index (κ1) is 19.3. The number of carbonyl (C=O) groups is 3. The minimum Gasteiger partial charge on any atom is -0.497 e. The molecule has 8 heteroatoms. The SMILES string of the molecule is CNC(=O)NC(=O)[C@@H](C)OC(=O)CCCOc1ccc(OC)cc1. The number of hydrogen-bond acceptors (Lipinski definition) is 6. The fourth-order valence-electron chi connectivity index (χ4n) is 1.66. The van der Waals surface area contributed by atoms with E-state index in [1.165, 1.54) is 14.0 Å². The summed E-state index contributed by atoms with van der Waals surface area (Å²) in [6, 6.07) is 6.42. The summed E-state index contributed by atoms with van der Waals surface area (Å²) in [5.41, 5.74) is 0. The minimum atomic E-state index is -1.04. The lowest BCUT2D eigenvalue weighted by Gasteiger charge is -2.12. The number of carbonyl (C=O) groups excluding carboxylic acids is 3. The second kappa shape index (κ2) is 10.1. The Morgan fingerprint density at radius 1 is 1.12 bits per heavy atom. The number of hydrogen-bond donors (Lipinski definition) is 2. The van der Waals surface area contributed by atoms with E-state index >= 15 is 0 Å². The first-order valence-electron chi connectivity index (χ1n) is 7.45. The smallest absolute Gasteiger partial charge is 0.321 e. The fraction of sp³-hybridized carbons (Fsp3) is 0.438. The van der Waals surface area contributed by atoms with Crippen LogP contribution < -0.4 is 20.1 Å². The van der Waals surface area contributed by atoms with Gasteiger partial charge in [0.2, 0.25) is 0 Å². The zero-order valence-corrected chi connectivity index (χ0v) is 14.0. The zero-order valence-electron chi connectivity index (χ0n) is 14.0. The molecule has 1 aromatic rings. The van der Waals surface area contributed by atoms with Crippen LogP contribution in [-0.2, 0) is 14.3 Å². The van der Waals surface area contributed by atoms with Crippen LogP contribution in [0.3, 0.4) is 0 Å². The third-order valence-corrected chi connectivity index (χ3v) is 2.99. The van der Waals surface area contributed by atoms with E-state index in [0.29, 0.717) is 18.8 Å². The zero-order chi connectivity index (χ0) is 17.9. The maximum Gasteiger partial charge on any atom is 0.321 e. The topological polar surface area (TPSA) is 103 Å². The van der Waals surface area contributed by atoms with E-state index in [2.05, 4.69) is 5.32 Å². The Hall–Kier alpha value is -2.77. The predicted molar refractivity (Wildman–Crippen MR) is 85.9 cm³/mol.